The van der Waals surface area contributed by atoms with Crippen LogP contribution in [0, 0.1) is 11.3 Å². The smallest absolute Gasteiger partial charge is 0.0991 e. The van der Waals surface area contributed by atoms with Gasteiger partial charge in [-0.1, -0.05) is 122 Å². The molecular formula is C49H34N4. The second-order valence-corrected chi connectivity index (χ2v) is 13.1. The van der Waals surface area contributed by atoms with Crippen LogP contribution in [0.15, 0.2) is 170 Å². The highest BCUT2D eigenvalue weighted by atomic mass is 15.0. The first-order valence-corrected chi connectivity index (χ1v) is 17.8. The van der Waals surface area contributed by atoms with Crippen molar-refractivity contribution in [3.05, 3.63) is 187 Å². The lowest BCUT2D eigenvalue weighted by Crippen LogP contribution is -2.02. The minimum absolute atomic E-state index is 0.618. The van der Waals surface area contributed by atoms with Crippen molar-refractivity contribution in [3.8, 4) is 51.1 Å². The molecule has 0 fully saturated rings. The zero-order valence-electron chi connectivity index (χ0n) is 29.2. The second kappa shape index (κ2) is 13.2. The number of allylic oxidation sites excluding steroid dienone is 1. The molecule has 0 bridgehead atoms. The van der Waals surface area contributed by atoms with Crippen LogP contribution < -0.4 is 0 Å². The van der Waals surface area contributed by atoms with Gasteiger partial charge in [-0.25, -0.2) is 4.98 Å². The molecule has 0 unspecified atom stereocenters. The van der Waals surface area contributed by atoms with E-state index in [2.05, 4.69) is 168 Å². The van der Waals surface area contributed by atoms with E-state index in [1.54, 1.807) is 0 Å². The third-order valence-electron chi connectivity index (χ3n) is 10.0. The fourth-order valence-electron chi connectivity index (χ4n) is 7.73. The Labute approximate surface area is 308 Å². The highest BCUT2D eigenvalue weighted by Gasteiger charge is 2.24. The highest BCUT2D eigenvalue weighted by molar-refractivity contribution is 6.22. The standard InChI is InChI=1S/C49H34N4/c1-3-15-44-38(4-2)39-28-29-47-48(41-21-12-14-23-46(41)52(47)37-18-9-6-10-19-37)49(39)53(44)45-22-13-11-20-40(45)43-31-36(34-16-7-5-8-17-34)30-42(51-43)35-26-24-33(32-50)25-27-35/h3-31H,2H2,1H3/b15-3-. The van der Waals surface area contributed by atoms with Gasteiger partial charge in [-0.3, -0.25) is 0 Å². The normalized spacial score (nSPS) is 11.5. The summed E-state index contributed by atoms with van der Waals surface area (Å²) in [4.78, 5) is 5.34. The van der Waals surface area contributed by atoms with Crippen molar-refractivity contribution in [2.75, 3.05) is 0 Å². The monoisotopic (exact) mass is 678 g/mol. The van der Waals surface area contributed by atoms with Crippen LogP contribution in [0.5, 0.6) is 0 Å². The van der Waals surface area contributed by atoms with E-state index in [1.807, 2.05) is 36.4 Å². The lowest BCUT2D eigenvalue weighted by molar-refractivity contribution is 1.11. The number of nitriles is 1. The Morgan fingerprint density at radius 1 is 0.623 bits per heavy atom. The summed E-state index contributed by atoms with van der Waals surface area (Å²) in [6.45, 7) is 6.39. The van der Waals surface area contributed by atoms with Gasteiger partial charge in [0.05, 0.1) is 51.0 Å². The zero-order chi connectivity index (χ0) is 35.9. The highest BCUT2D eigenvalue weighted by Crippen LogP contribution is 2.43. The number of nitrogens with zero attached hydrogens (tertiary/aromatic N) is 4. The minimum atomic E-state index is 0.618. The van der Waals surface area contributed by atoms with Crippen molar-refractivity contribution in [3.63, 3.8) is 0 Å². The number of hydrogen-bond donors (Lipinski definition) is 0. The molecule has 0 aliphatic heterocycles. The van der Waals surface area contributed by atoms with Gasteiger partial charge in [-0.2, -0.15) is 5.26 Å². The summed E-state index contributed by atoms with van der Waals surface area (Å²) in [6, 6.07) is 57.0. The summed E-state index contributed by atoms with van der Waals surface area (Å²) in [5.41, 5.74) is 14.1. The van der Waals surface area contributed by atoms with Crippen LogP contribution in [0.2, 0.25) is 0 Å². The van der Waals surface area contributed by atoms with Crippen LogP contribution in [0.25, 0.3) is 89.9 Å². The molecular weight excluding hydrogens is 645 g/mol. The molecule has 0 N–H and O–H groups in total. The Morgan fingerprint density at radius 2 is 1.32 bits per heavy atom. The average Bonchev–Trinajstić information content (AvgIpc) is 3.73. The van der Waals surface area contributed by atoms with Crippen LogP contribution in [0.4, 0.5) is 0 Å². The maximum absolute atomic E-state index is 9.48. The molecule has 53 heavy (non-hydrogen) atoms. The summed E-state index contributed by atoms with van der Waals surface area (Å²) in [7, 11) is 0. The maximum atomic E-state index is 9.48. The first-order chi connectivity index (χ1) is 26.2. The SMILES string of the molecule is C=Cc1c(/C=C\C)n(-c2ccccc2-c2cc(-c3ccccc3)cc(-c3ccc(C#N)cc3)n2)c2c1ccc1c2c2ccccc2n1-c1ccccc1. The summed E-state index contributed by atoms with van der Waals surface area (Å²) < 4.78 is 4.77. The first kappa shape index (κ1) is 31.7. The van der Waals surface area contributed by atoms with Gasteiger partial charge in [0.1, 0.15) is 0 Å². The Bertz CT molecular complexity index is 2900. The molecule has 0 aliphatic rings. The number of fused-ring (bicyclic) bond motifs is 5. The van der Waals surface area contributed by atoms with Gasteiger partial charge in [-0.05, 0) is 78.7 Å². The summed E-state index contributed by atoms with van der Waals surface area (Å²) in [5.74, 6) is 0. The van der Waals surface area contributed by atoms with E-state index in [9.17, 15) is 5.26 Å². The molecule has 0 spiro atoms. The van der Waals surface area contributed by atoms with Crippen LogP contribution in [-0.4, -0.2) is 14.1 Å². The number of aromatic nitrogens is 3. The third-order valence-corrected chi connectivity index (χ3v) is 10.0. The average molecular weight is 679 g/mol. The topological polar surface area (TPSA) is 46.5 Å². The number of pyridine rings is 1. The van der Waals surface area contributed by atoms with Crippen molar-refractivity contribution in [2.45, 2.75) is 6.92 Å². The number of hydrogen-bond acceptors (Lipinski definition) is 2. The van der Waals surface area contributed by atoms with Crippen molar-refractivity contribution >= 4 is 44.9 Å². The molecule has 0 aliphatic carbocycles. The number of para-hydroxylation sites is 3. The van der Waals surface area contributed by atoms with E-state index in [4.69, 9.17) is 4.98 Å². The van der Waals surface area contributed by atoms with E-state index in [1.165, 1.54) is 10.8 Å². The summed E-state index contributed by atoms with van der Waals surface area (Å²) in [6.07, 6.45) is 6.27. The largest absolute Gasteiger partial charge is 0.309 e. The molecule has 9 aromatic rings. The maximum Gasteiger partial charge on any atom is 0.0991 e. The number of benzene rings is 6. The summed E-state index contributed by atoms with van der Waals surface area (Å²) >= 11 is 0. The minimum Gasteiger partial charge on any atom is -0.309 e. The van der Waals surface area contributed by atoms with Crippen molar-refractivity contribution < 1.29 is 0 Å². The second-order valence-electron chi connectivity index (χ2n) is 13.1. The molecule has 4 heteroatoms. The fourth-order valence-corrected chi connectivity index (χ4v) is 7.73. The van der Waals surface area contributed by atoms with Crippen LogP contribution in [0.1, 0.15) is 23.7 Å². The Morgan fingerprint density at radius 3 is 2.08 bits per heavy atom. The Balaban J connectivity index is 1.39. The molecule has 0 radical (unpaired) electrons. The van der Waals surface area contributed by atoms with Crippen molar-refractivity contribution in [1.29, 1.82) is 5.26 Å². The molecule has 0 atom stereocenters. The predicted molar refractivity (Wildman–Crippen MR) is 221 cm³/mol. The lowest BCUT2D eigenvalue weighted by Gasteiger charge is -2.17. The third kappa shape index (κ3) is 5.26. The van der Waals surface area contributed by atoms with Gasteiger partial charge in [-0.15, -0.1) is 0 Å². The summed E-state index contributed by atoms with van der Waals surface area (Å²) in [5, 5.41) is 13.0. The van der Waals surface area contributed by atoms with E-state index in [-0.39, 0.29) is 0 Å². The Kier molecular flexibility index (Phi) is 7.88. The quantitative estimate of drug-likeness (QED) is 0.168. The molecule has 6 aromatic carbocycles. The Hall–Kier alpha value is -7.22. The van der Waals surface area contributed by atoms with E-state index >= 15 is 0 Å². The predicted octanol–water partition coefficient (Wildman–Crippen LogP) is 12.7. The first-order valence-electron chi connectivity index (χ1n) is 17.8. The molecule has 0 saturated carbocycles. The molecule has 250 valence electrons. The van der Waals surface area contributed by atoms with Gasteiger partial charge >= 0.3 is 0 Å². The molecule has 3 heterocycles. The van der Waals surface area contributed by atoms with Gasteiger partial charge < -0.3 is 9.13 Å². The molecule has 9 rings (SSSR count). The molecule has 0 amide bonds. The zero-order valence-corrected chi connectivity index (χ0v) is 29.2. The van der Waals surface area contributed by atoms with E-state index in [0.717, 1.165) is 78.2 Å². The molecule has 4 nitrogen and oxygen atoms in total. The van der Waals surface area contributed by atoms with Gasteiger partial charge in [0, 0.05) is 38.5 Å². The van der Waals surface area contributed by atoms with E-state index in [0.29, 0.717) is 5.56 Å². The van der Waals surface area contributed by atoms with Crippen molar-refractivity contribution in [2.24, 2.45) is 0 Å². The number of rotatable bonds is 7. The fraction of sp³-hybridized carbons (Fsp3) is 0.0204. The molecule has 0 saturated heterocycles. The molecule has 3 aromatic heterocycles. The van der Waals surface area contributed by atoms with Crippen molar-refractivity contribution in [1.82, 2.24) is 14.1 Å². The van der Waals surface area contributed by atoms with Gasteiger partial charge in [0.2, 0.25) is 0 Å². The van der Waals surface area contributed by atoms with Gasteiger partial charge in [0.15, 0.2) is 0 Å². The lowest BCUT2D eigenvalue weighted by atomic mass is 9.99. The van der Waals surface area contributed by atoms with E-state index < -0.39 is 0 Å². The van der Waals surface area contributed by atoms with Crippen LogP contribution in [-0.2, 0) is 0 Å². The van der Waals surface area contributed by atoms with Gasteiger partial charge in [0.25, 0.3) is 0 Å². The van der Waals surface area contributed by atoms with Crippen LogP contribution in [0.3, 0.4) is 0 Å². The van der Waals surface area contributed by atoms with Crippen LogP contribution >= 0.6 is 0 Å².